The van der Waals surface area contributed by atoms with Crippen LogP contribution in [0.25, 0.3) is 0 Å². The number of hydrogen-bond donors (Lipinski definition) is 1. The molecule has 0 atom stereocenters. The molecule has 0 saturated heterocycles. The Morgan fingerprint density at radius 1 is 1.40 bits per heavy atom. The molecule has 2 rings (SSSR count). The van der Waals surface area contributed by atoms with Crippen molar-refractivity contribution in [2.45, 2.75) is 10.8 Å². The first kappa shape index (κ1) is 9.91. The van der Waals surface area contributed by atoms with Crippen molar-refractivity contribution in [1.29, 1.82) is 0 Å². The maximum Gasteiger partial charge on any atom is 0.156 e. The number of nitrogens with two attached hydrogens (primary N) is 1. The lowest BCUT2D eigenvalue weighted by Gasteiger charge is -2.01. The third-order valence-corrected chi connectivity index (χ3v) is 2.82. The van der Waals surface area contributed by atoms with Crippen LogP contribution in [0, 0.1) is 0 Å². The van der Waals surface area contributed by atoms with Gasteiger partial charge in [-0.2, -0.15) is 0 Å². The van der Waals surface area contributed by atoms with E-state index < -0.39 is 0 Å². The van der Waals surface area contributed by atoms with Gasteiger partial charge in [0.1, 0.15) is 17.2 Å². The summed E-state index contributed by atoms with van der Waals surface area (Å²) in [6.45, 7) is 0. The van der Waals surface area contributed by atoms with Crippen molar-refractivity contribution in [3.05, 3.63) is 24.5 Å². The molecule has 0 aromatic carbocycles. The van der Waals surface area contributed by atoms with E-state index in [1.54, 1.807) is 18.7 Å². The van der Waals surface area contributed by atoms with E-state index in [1.807, 2.05) is 11.6 Å². The molecule has 6 nitrogen and oxygen atoms in total. The lowest BCUT2D eigenvalue weighted by Crippen LogP contribution is -1.98. The molecule has 0 radical (unpaired) electrons. The van der Waals surface area contributed by atoms with Gasteiger partial charge in [-0.1, -0.05) is 11.8 Å². The lowest BCUT2D eigenvalue weighted by molar-refractivity contribution is 0.848. The molecule has 0 saturated carbocycles. The van der Waals surface area contributed by atoms with Gasteiger partial charge in [-0.25, -0.2) is 9.97 Å². The van der Waals surface area contributed by atoms with Crippen LogP contribution in [0.5, 0.6) is 0 Å². The number of nitrogen functional groups attached to an aromatic ring is 1. The normalized spacial score (nSPS) is 10.5. The molecule has 0 amide bonds. The molecular weight excluding hydrogens is 212 g/mol. The van der Waals surface area contributed by atoms with Crippen LogP contribution in [0.1, 0.15) is 5.82 Å². The highest BCUT2D eigenvalue weighted by atomic mass is 32.2. The van der Waals surface area contributed by atoms with E-state index in [4.69, 9.17) is 5.73 Å². The highest BCUT2D eigenvalue weighted by Gasteiger charge is 2.05. The quantitative estimate of drug-likeness (QED) is 0.760. The number of aryl methyl sites for hydroxylation is 1. The van der Waals surface area contributed by atoms with Gasteiger partial charge < -0.3 is 10.3 Å². The Bertz CT molecular complexity index is 454. The first-order chi connectivity index (χ1) is 7.27. The second-order valence-electron chi connectivity index (χ2n) is 2.89. The van der Waals surface area contributed by atoms with Gasteiger partial charge in [-0.3, -0.25) is 0 Å². The van der Waals surface area contributed by atoms with E-state index in [1.165, 1.54) is 11.8 Å². The first-order valence-corrected chi connectivity index (χ1v) is 5.28. The van der Waals surface area contributed by atoms with Crippen LogP contribution in [0.2, 0.25) is 0 Å². The Morgan fingerprint density at radius 2 is 2.20 bits per heavy atom. The number of hydrogen-bond acceptors (Lipinski definition) is 6. The van der Waals surface area contributed by atoms with Gasteiger partial charge in [0.2, 0.25) is 0 Å². The Hall–Kier alpha value is -1.63. The summed E-state index contributed by atoms with van der Waals surface area (Å²) in [5, 5.41) is 8.48. The molecule has 0 aliphatic rings. The lowest BCUT2D eigenvalue weighted by atomic mass is 10.7. The number of thioether (sulfide) groups is 1. The van der Waals surface area contributed by atoms with E-state index >= 15 is 0 Å². The van der Waals surface area contributed by atoms with Gasteiger partial charge in [0.05, 0.1) is 5.75 Å². The average Bonchev–Trinajstić information content (AvgIpc) is 2.63. The fourth-order valence-electron chi connectivity index (χ4n) is 1.02. The van der Waals surface area contributed by atoms with Gasteiger partial charge in [0, 0.05) is 19.4 Å². The first-order valence-electron chi connectivity index (χ1n) is 4.29. The van der Waals surface area contributed by atoms with Crippen molar-refractivity contribution in [2.24, 2.45) is 7.05 Å². The zero-order valence-electron chi connectivity index (χ0n) is 8.16. The second-order valence-corrected chi connectivity index (χ2v) is 3.86. The minimum absolute atomic E-state index is 0.449. The monoisotopic (exact) mass is 222 g/mol. The van der Waals surface area contributed by atoms with Crippen LogP contribution >= 0.6 is 11.8 Å². The van der Waals surface area contributed by atoms with Crippen LogP contribution in [0.3, 0.4) is 0 Å². The van der Waals surface area contributed by atoms with Crippen LogP contribution < -0.4 is 5.73 Å². The summed E-state index contributed by atoms with van der Waals surface area (Å²) in [4.78, 5) is 8.08. The Labute approximate surface area is 90.9 Å². The number of nitrogens with zero attached hydrogens (tertiary/aromatic N) is 5. The van der Waals surface area contributed by atoms with Crippen LogP contribution in [-0.2, 0) is 12.8 Å². The van der Waals surface area contributed by atoms with Gasteiger partial charge in [0.25, 0.3) is 0 Å². The molecule has 0 aliphatic carbocycles. The molecule has 7 heteroatoms. The molecule has 2 N–H and O–H groups in total. The molecular formula is C8H10N6S. The minimum atomic E-state index is 0.449. The van der Waals surface area contributed by atoms with Crippen molar-refractivity contribution >= 4 is 17.6 Å². The molecule has 78 valence electrons. The Morgan fingerprint density at radius 3 is 2.87 bits per heavy atom. The Kier molecular flexibility index (Phi) is 2.82. The fraction of sp³-hybridized carbons (Fsp3) is 0.250. The molecule has 0 bridgehead atoms. The third kappa shape index (κ3) is 2.24. The van der Waals surface area contributed by atoms with Crippen molar-refractivity contribution in [3.63, 3.8) is 0 Å². The number of rotatable bonds is 3. The van der Waals surface area contributed by atoms with Crippen molar-refractivity contribution in [1.82, 2.24) is 24.7 Å². The zero-order chi connectivity index (χ0) is 10.7. The van der Waals surface area contributed by atoms with Crippen LogP contribution in [0.4, 0.5) is 5.82 Å². The zero-order valence-corrected chi connectivity index (χ0v) is 8.98. The summed E-state index contributed by atoms with van der Waals surface area (Å²) in [6.07, 6.45) is 4.85. The molecule has 0 aliphatic heterocycles. The predicted molar refractivity (Wildman–Crippen MR) is 57.0 cm³/mol. The second kappa shape index (κ2) is 4.26. The predicted octanol–water partition coefficient (Wildman–Crippen LogP) is 0.480. The van der Waals surface area contributed by atoms with Crippen molar-refractivity contribution in [2.75, 3.05) is 5.73 Å². The van der Waals surface area contributed by atoms with Gasteiger partial charge >= 0.3 is 0 Å². The summed E-state index contributed by atoms with van der Waals surface area (Å²) in [7, 11) is 1.90. The largest absolute Gasteiger partial charge is 0.381 e. The molecule has 0 fully saturated rings. The van der Waals surface area contributed by atoms with Gasteiger partial charge in [-0.05, 0) is 0 Å². The van der Waals surface area contributed by atoms with Crippen LogP contribution in [0.15, 0.2) is 23.7 Å². The molecule has 0 unspecified atom stereocenters. The van der Waals surface area contributed by atoms with E-state index in [0.717, 1.165) is 10.9 Å². The van der Waals surface area contributed by atoms with E-state index in [-0.39, 0.29) is 0 Å². The van der Waals surface area contributed by atoms with E-state index in [9.17, 15) is 0 Å². The standard InChI is InChI=1S/C8H10N6S/c1-14-5-12-13-6(14)4-15-8-7(9)10-2-3-11-8/h2-3,5H,4H2,1H3,(H2,9,10). The summed E-state index contributed by atoms with van der Waals surface area (Å²) >= 11 is 1.50. The molecule has 2 heterocycles. The van der Waals surface area contributed by atoms with Gasteiger partial charge in [-0.15, -0.1) is 10.2 Å². The Balaban J connectivity index is 2.06. The molecule has 2 aromatic heterocycles. The third-order valence-electron chi connectivity index (χ3n) is 1.83. The van der Waals surface area contributed by atoms with E-state index in [2.05, 4.69) is 20.2 Å². The van der Waals surface area contributed by atoms with Gasteiger partial charge in [0.15, 0.2) is 5.82 Å². The maximum atomic E-state index is 5.66. The molecule has 2 aromatic rings. The summed E-state index contributed by atoms with van der Waals surface area (Å²) < 4.78 is 1.86. The highest BCUT2D eigenvalue weighted by Crippen LogP contribution is 2.22. The number of anilines is 1. The SMILES string of the molecule is Cn1cnnc1CSc1nccnc1N. The summed E-state index contributed by atoms with van der Waals surface area (Å²) in [5.74, 6) is 2.01. The maximum absolute atomic E-state index is 5.66. The van der Waals surface area contributed by atoms with Crippen molar-refractivity contribution in [3.8, 4) is 0 Å². The number of aromatic nitrogens is 5. The minimum Gasteiger partial charge on any atom is -0.381 e. The molecule has 0 spiro atoms. The average molecular weight is 222 g/mol. The van der Waals surface area contributed by atoms with E-state index in [0.29, 0.717) is 11.6 Å². The smallest absolute Gasteiger partial charge is 0.156 e. The van der Waals surface area contributed by atoms with Crippen molar-refractivity contribution < 1.29 is 0 Å². The fourth-order valence-corrected chi connectivity index (χ4v) is 1.88. The van der Waals surface area contributed by atoms with Crippen LogP contribution in [-0.4, -0.2) is 24.7 Å². The summed E-state index contributed by atoms with van der Waals surface area (Å²) in [6, 6.07) is 0. The topological polar surface area (TPSA) is 82.5 Å². The highest BCUT2D eigenvalue weighted by molar-refractivity contribution is 7.98. The molecule has 15 heavy (non-hydrogen) atoms. The summed E-state index contributed by atoms with van der Waals surface area (Å²) in [5.41, 5.74) is 5.66.